The van der Waals surface area contributed by atoms with Crippen LogP contribution in [0.4, 0.5) is 0 Å². The lowest BCUT2D eigenvalue weighted by Gasteiger charge is -2.32. The van der Waals surface area contributed by atoms with Crippen LogP contribution >= 0.6 is 12.4 Å². The quantitative estimate of drug-likeness (QED) is 0.797. The molecule has 1 aliphatic heterocycles. The second-order valence-electron chi connectivity index (χ2n) is 5.34. The van der Waals surface area contributed by atoms with Gasteiger partial charge in [0.15, 0.2) is 0 Å². The van der Waals surface area contributed by atoms with Crippen molar-refractivity contribution in [3.63, 3.8) is 0 Å². The first-order valence-electron chi connectivity index (χ1n) is 6.79. The van der Waals surface area contributed by atoms with Crippen molar-refractivity contribution in [3.05, 3.63) is 48.0 Å². The Kier molecular flexibility index (Phi) is 4.83. The zero-order valence-corrected chi connectivity index (χ0v) is 12.2. The molecule has 4 nitrogen and oxygen atoms in total. The van der Waals surface area contributed by atoms with Crippen molar-refractivity contribution in [3.8, 4) is 0 Å². The van der Waals surface area contributed by atoms with E-state index >= 15 is 0 Å². The normalized spacial score (nSPS) is 25.3. The molecule has 0 radical (unpaired) electrons. The Balaban J connectivity index is 0.00000161. The molecule has 1 heterocycles. The Labute approximate surface area is 129 Å². The predicted molar refractivity (Wildman–Crippen MR) is 83.7 cm³/mol. The van der Waals surface area contributed by atoms with Crippen LogP contribution in [0.3, 0.4) is 0 Å². The van der Waals surface area contributed by atoms with E-state index < -0.39 is 18.1 Å². The standard InChI is InChI=1S/C16H17NO3.ClH/c18-13-8-14(17-15(9-13)16(19)20)12-6-5-10-3-1-2-4-11(10)7-12;/h1-7,13-15,17-18H,8-9H2,(H,19,20);1H/t13-,14-,15+;/m1./s1. The van der Waals surface area contributed by atoms with E-state index in [9.17, 15) is 9.90 Å². The zero-order chi connectivity index (χ0) is 14.1. The molecule has 21 heavy (non-hydrogen) atoms. The average Bonchev–Trinajstić information content (AvgIpc) is 2.46. The van der Waals surface area contributed by atoms with Crippen LogP contribution in [0, 0.1) is 0 Å². The summed E-state index contributed by atoms with van der Waals surface area (Å²) in [6.07, 6.45) is 0.232. The Morgan fingerprint density at radius 2 is 1.81 bits per heavy atom. The summed E-state index contributed by atoms with van der Waals surface area (Å²) >= 11 is 0. The fourth-order valence-electron chi connectivity index (χ4n) is 2.85. The molecule has 0 bridgehead atoms. The molecule has 3 rings (SSSR count). The van der Waals surface area contributed by atoms with E-state index in [1.807, 2.05) is 36.4 Å². The number of carboxylic acid groups (broad SMARTS) is 1. The lowest BCUT2D eigenvalue weighted by Crippen LogP contribution is -2.47. The fraction of sp³-hybridized carbons (Fsp3) is 0.312. The number of hydrogen-bond acceptors (Lipinski definition) is 3. The molecule has 112 valence electrons. The highest BCUT2D eigenvalue weighted by Gasteiger charge is 2.31. The highest BCUT2D eigenvalue weighted by atomic mass is 35.5. The van der Waals surface area contributed by atoms with Crippen molar-refractivity contribution in [2.45, 2.75) is 31.0 Å². The van der Waals surface area contributed by atoms with Gasteiger partial charge >= 0.3 is 5.97 Å². The molecule has 1 fully saturated rings. The van der Waals surface area contributed by atoms with Gasteiger partial charge in [0.05, 0.1) is 6.10 Å². The van der Waals surface area contributed by atoms with Gasteiger partial charge in [0.2, 0.25) is 0 Å². The van der Waals surface area contributed by atoms with Gasteiger partial charge in [0, 0.05) is 6.04 Å². The van der Waals surface area contributed by atoms with E-state index in [-0.39, 0.29) is 24.9 Å². The summed E-state index contributed by atoms with van der Waals surface area (Å²) in [5, 5.41) is 24.4. The first-order chi connectivity index (χ1) is 9.63. The molecule has 0 aromatic heterocycles. The second kappa shape index (κ2) is 6.43. The Bertz CT molecular complexity index is 646. The smallest absolute Gasteiger partial charge is 0.320 e. The summed E-state index contributed by atoms with van der Waals surface area (Å²) in [6, 6.07) is 13.3. The summed E-state index contributed by atoms with van der Waals surface area (Å²) in [5.41, 5.74) is 1.02. The highest BCUT2D eigenvalue weighted by Crippen LogP contribution is 2.28. The third kappa shape index (κ3) is 3.35. The number of nitrogens with one attached hydrogen (secondary N) is 1. The first-order valence-corrected chi connectivity index (χ1v) is 6.79. The number of aliphatic carboxylic acids is 1. The van der Waals surface area contributed by atoms with Crippen molar-refractivity contribution in [2.75, 3.05) is 0 Å². The number of aliphatic hydroxyl groups is 1. The third-order valence-electron chi connectivity index (χ3n) is 3.89. The maximum absolute atomic E-state index is 11.1. The van der Waals surface area contributed by atoms with Crippen molar-refractivity contribution in [2.24, 2.45) is 0 Å². The summed E-state index contributed by atoms with van der Waals surface area (Å²) in [4.78, 5) is 11.1. The third-order valence-corrected chi connectivity index (χ3v) is 3.89. The van der Waals surface area contributed by atoms with Crippen LogP contribution in [0.5, 0.6) is 0 Å². The number of benzene rings is 2. The first kappa shape index (κ1) is 15.8. The molecule has 2 aromatic carbocycles. The molecule has 0 spiro atoms. The molecule has 0 aliphatic carbocycles. The number of carbonyl (C=O) groups is 1. The van der Waals surface area contributed by atoms with E-state index in [4.69, 9.17) is 5.11 Å². The van der Waals surface area contributed by atoms with Crippen LogP contribution in [0.25, 0.3) is 10.8 Å². The Morgan fingerprint density at radius 3 is 2.52 bits per heavy atom. The number of hydrogen-bond donors (Lipinski definition) is 3. The molecular formula is C16H18ClNO3. The van der Waals surface area contributed by atoms with Gasteiger partial charge in [-0.2, -0.15) is 0 Å². The number of piperidine rings is 1. The summed E-state index contributed by atoms with van der Waals surface area (Å²) in [5.74, 6) is -0.908. The second-order valence-corrected chi connectivity index (χ2v) is 5.34. The van der Waals surface area contributed by atoms with Crippen molar-refractivity contribution < 1.29 is 15.0 Å². The van der Waals surface area contributed by atoms with Gasteiger partial charge in [-0.3, -0.25) is 10.1 Å². The molecule has 1 saturated heterocycles. The van der Waals surface area contributed by atoms with E-state index in [0.29, 0.717) is 6.42 Å². The average molecular weight is 308 g/mol. The summed E-state index contributed by atoms with van der Waals surface area (Å²) < 4.78 is 0. The largest absolute Gasteiger partial charge is 0.480 e. The van der Waals surface area contributed by atoms with Gasteiger partial charge in [-0.1, -0.05) is 36.4 Å². The molecule has 3 N–H and O–H groups in total. The molecule has 5 heteroatoms. The molecule has 0 saturated carbocycles. The Hall–Kier alpha value is -1.62. The summed E-state index contributed by atoms with van der Waals surface area (Å²) in [7, 11) is 0. The molecule has 0 unspecified atom stereocenters. The van der Waals surface area contributed by atoms with Crippen molar-refractivity contribution in [1.29, 1.82) is 0 Å². The molecule has 0 amide bonds. The monoisotopic (exact) mass is 307 g/mol. The van der Waals surface area contributed by atoms with Crippen LogP contribution in [-0.4, -0.2) is 28.3 Å². The lowest BCUT2D eigenvalue weighted by molar-refractivity contribution is -0.141. The molecule has 1 aliphatic rings. The number of halogens is 1. The van der Waals surface area contributed by atoms with Crippen LogP contribution < -0.4 is 5.32 Å². The van der Waals surface area contributed by atoms with Crippen molar-refractivity contribution in [1.82, 2.24) is 5.32 Å². The van der Waals surface area contributed by atoms with Gasteiger partial charge in [0.1, 0.15) is 6.04 Å². The number of rotatable bonds is 2. The number of aliphatic hydroxyl groups excluding tert-OH is 1. The fourth-order valence-corrected chi connectivity index (χ4v) is 2.85. The number of fused-ring (bicyclic) bond motifs is 1. The van der Waals surface area contributed by atoms with Gasteiger partial charge < -0.3 is 10.2 Å². The van der Waals surface area contributed by atoms with E-state index in [1.165, 1.54) is 0 Å². The van der Waals surface area contributed by atoms with Gasteiger partial charge in [0.25, 0.3) is 0 Å². The number of carboxylic acids is 1. The van der Waals surface area contributed by atoms with Gasteiger partial charge in [-0.05, 0) is 35.2 Å². The van der Waals surface area contributed by atoms with Crippen LogP contribution in [0.15, 0.2) is 42.5 Å². The SMILES string of the molecule is Cl.O=C(O)[C@@H]1C[C@H](O)C[C@H](c2ccc3ccccc3c2)N1. The van der Waals surface area contributed by atoms with Crippen LogP contribution in [0.2, 0.25) is 0 Å². The minimum Gasteiger partial charge on any atom is -0.480 e. The van der Waals surface area contributed by atoms with Crippen molar-refractivity contribution >= 4 is 29.1 Å². The maximum atomic E-state index is 11.1. The minimum atomic E-state index is -0.908. The van der Waals surface area contributed by atoms with Crippen LogP contribution in [-0.2, 0) is 4.79 Å². The van der Waals surface area contributed by atoms with Gasteiger partial charge in [-0.15, -0.1) is 12.4 Å². The molecular weight excluding hydrogens is 290 g/mol. The maximum Gasteiger partial charge on any atom is 0.320 e. The van der Waals surface area contributed by atoms with Gasteiger partial charge in [-0.25, -0.2) is 0 Å². The van der Waals surface area contributed by atoms with E-state index in [1.54, 1.807) is 0 Å². The minimum absolute atomic E-state index is 0. The molecule has 3 atom stereocenters. The summed E-state index contributed by atoms with van der Waals surface area (Å²) in [6.45, 7) is 0. The topological polar surface area (TPSA) is 69.6 Å². The van der Waals surface area contributed by atoms with Crippen LogP contribution in [0.1, 0.15) is 24.4 Å². The predicted octanol–water partition coefficient (Wildman–Crippen LogP) is 2.50. The van der Waals surface area contributed by atoms with E-state index in [0.717, 1.165) is 16.3 Å². The molecule has 2 aromatic rings. The van der Waals surface area contributed by atoms with E-state index in [2.05, 4.69) is 11.4 Å². The highest BCUT2D eigenvalue weighted by molar-refractivity contribution is 5.85. The lowest BCUT2D eigenvalue weighted by atomic mass is 9.90. The zero-order valence-electron chi connectivity index (χ0n) is 11.4. The Morgan fingerprint density at radius 1 is 1.10 bits per heavy atom.